The molecule has 0 amide bonds. The molecule has 1 heterocycles. The first kappa shape index (κ1) is 6.05. The Bertz CT molecular complexity index is 74.9. The number of hydrogen-bond acceptors (Lipinski definition) is 2. The Kier molecular flexibility index (Phi) is 1.86. The molecule has 0 aromatic carbocycles. The largest absolute Gasteiger partial charge is 0.392 e. The average molecular weight is 114 g/mol. The maximum atomic E-state index is 8.96. The van der Waals surface area contributed by atoms with Crippen LogP contribution < -0.4 is 0 Å². The van der Waals surface area contributed by atoms with Crippen LogP contribution in [-0.4, -0.2) is 35.7 Å². The Hall–Kier alpha value is -0.0800. The number of aliphatic hydroxyl groups is 1. The van der Waals surface area contributed by atoms with Gasteiger partial charge in [0, 0.05) is 13.1 Å². The predicted molar refractivity (Wildman–Crippen MR) is 32.4 cm³/mol. The Morgan fingerprint density at radius 3 is 2.75 bits per heavy atom. The topological polar surface area (TPSA) is 23.5 Å². The van der Waals surface area contributed by atoms with Crippen molar-refractivity contribution in [2.24, 2.45) is 0 Å². The molecule has 1 aliphatic rings. The fourth-order valence-corrected chi connectivity index (χ4v) is 1.02. The highest BCUT2D eigenvalue weighted by Gasteiger charge is 2.17. The van der Waals surface area contributed by atoms with Gasteiger partial charge in [-0.15, -0.1) is 0 Å². The standard InChI is InChI=1S/C6H12NO/c1-2-7-4-3-6(8)5-7/h6,8H,1-5H2/t6-/m1/s1. The van der Waals surface area contributed by atoms with E-state index in [0.29, 0.717) is 0 Å². The fourth-order valence-electron chi connectivity index (χ4n) is 1.02. The van der Waals surface area contributed by atoms with Crippen LogP contribution in [0.1, 0.15) is 6.42 Å². The summed E-state index contributed by atoms with van der Waals surface area (Å²) < 4.78 is 0. The van der Waals surface area contributed by atoms with E-state index in [1.54, 1.807) is 0 Å². The minimum absolute atomic E-state index is 0.0863. The van der Waals surface area contributed by atoms with E-state index in [2.05, 4.69) is 11.8 Å². The summed E-state index contributed by atoms with van der Waals surface area (Å²) in [7, 11) is 0. The Morgan fingerprint density at radius 2 is 2.50 bits per heavy atom. The molecule has 1 N–H and O–H groups in total. The number of rotatable bonds is 1. The van der Waals surface area contributed by atoms with Gasteiger partial charge in [-0.3, -0.25) is 0 Å². The van der Waals surface area contributed by atoms with Crippen LogP contribution in [0.25, 0.3) is 0 Å². The summed E-state index contributed by atoms with van der Waals surface area (Å²) in [6.07, 6.45) is 0.840. The van der Waals surface area contributed by atoms with Crippen molar-refractivity contribution in [1.29, 1.82) is 0 Å². The van der Waals surface area contributed by atoms with Gasteiger partial charge in [-0.2, -0.15) is 0 Å². The molecule has 0 spiro atoms. The maximum Gasteiger partial charge on any atom is 0.0679 e. The van der Waals surface area contributed by atoms with Crippen LogP contribution in [-0.2, 0) is 0 Å². The van der Waals surface area contributed by atoms with Gasteiger partial charge in [0.25, 0.3) is 0 Å². The third-order valence-corrected chi connectivity index (χ3v) is 1.56. The van der Waals surface area contributed by atoms with Gasteiger partial charge in [-0.25, -0.2) is 0 Å². The normalized spacial score (nSPS) is 31.5. The quantitative estimate of drug-likeness (QED) is 0.514. The van der Waals surface area contributed by atoms with E-state index in [0.717, 1.165) is 26.1 Å². The van der Waals surface area contributed by atoms with Gasteiger partial charge >= 0.3 is 0 Å². The molecule has 0 aromatic heterocycles. The second-order valence-electron chi connectivity index (χ2n) is 2.24. The summed E-state index contributed by atoms with van der Waals surface area (Å²) >= 11 is 0. The van der Waals surface area contributed by atoms with Gasteiger partial charge in [0.1, 0.15) is 0 Å². The first-order chi connectivity index (χ1) is 3.83. The van der Waals surface area contributed by atoms with Crippen LogP contribution in [0.3, 0.4) is 0 Å². The molecule has 47 valence electrons. The molecular weight excluding hydrogens is 102 g/mol. The lowest BCUT2D eigenvalue weighted by Gasteiger charge is -2.09. The van der Waals surface area contributed by atoms with Crippen molar-refractivity contribution in [1.82, 2.24) is 4.90 Å². The Balaban J connectivity index is 2.22. The molecule has 1 saturated heterocycles. The molecule has 0 saturated carbocycles. The van der Waals surface area contributed by atoms with Crippen molar-refractivity contribution in [3.63, 3.8) is 0 Å². The summed E-state index contributed by atoms with van der Waals surface area (Å²) in [6.45, 7) is 6.39. The van der Waals surface area contributed by atoms with Crippen molar-refractivity contribution in [2.75, 3.05) is 19.6 Å². The molecular formula is C6H12NO. The highest BCUT2D eigenvalue weighted by atomic mass is 16.3. The third-order valence-electron chi connectivity index (χ3n) is 1.56. The lowest BCUT2D eigenvalue weighted by atomic mass is 10.3. The van der Waals surface area contributed by atoms with Crippen LogP contribution in [0.4, 0.5) is 0 Å². The lowest BCUT2D eigenvalue weighted by Crippen LogP contribution is -2.21. The highest BCUT2D eigenvalue weighted by Crippen LogP contribution is 2.06. The van der Waals surface area contributed by atoms with Crippen LogP contribution in [0.5, 0.6) is 0 Å². The van der Waals surface area contributed by atoms with Crippen molar-refractivity contribution in [2.45, 2.75) is 12.5 Å². The van der Waals surface area contributed by atoms with Gasteiger partial charge < -0.3 is 10.0 Å². The molecule has 0 bridgehead atoms. The highest BCUT2D eigenvalue weighted by molar-refractivity contribution is 4.74. The number of nitrogens with zero attached hydrogens (tertiary/aromatic N) is 1. The minimum Gasteiger partial charge on any atom is -0.392 e. The summed E-state index contributed by atoms with van der Waals surface area (Å²) in [5.41, 5.74) is 0. The summed E-state index contributed by atoms with van der Waals surface area (Å²) in [4.78, 5) is 2.14. The van der Waals surface area contributed by atoms with E-state index < -0.39 is 0 Å². The van der Waals surface area contributed by atoms with Crippen LogP contribution in [0.15, 0.2) is 0 Å². The van der Waals surface area contributed by atoms with E-state index in [9.17, 15) is 0 Å². The molecule has 0 aliphatic carbocycles. The first-order valence-electron chi connectivity index (χ1n) is 3.02. The van der Waals surface area contributed by atoms with E-state index in [-0.39, 0.29) is 6.10 Å². The number of hydrogen-bond donors (Lipinski definition) is 1. The van der Waals surface area contributed by atoms with Gasteiger partial charge in [0.15, 0.2) is 0 Å². The van der Waals surface area contributed by atoms with E-state index >= 15 is 0 Å². The molecule has 1 fully saturated rings. The van der Waals surface area contributed by atoms with Gasteiger partial charge in [0.05, 0.1) is 6.10 Å². The average Bonchev–Trinajstić information content (AvgIpc) is 2.14. The van der Waals surface area contributed by atoms with Crippen molar-refractivity contribution < 1.29 is 5.11 Å². The first-order valence-corrected chi connectivity index (χ1v) is 3.02. The lowest BCUT2D eigenvalue weighted by molar-refractivity contribution is 0.179. The molecule has 0 aromatic rings. The third kappa shape index (κ3) is 1.20. The summed E-state index contributed by atoms with van der Waals surface area (Å²) in [6, 6.07) is 0. The Morgan fingerprint density at radius 1 is 1.75 bits per heavy atom. The van der Waals surface area contributed by atoms with Crippen molar-refractivity contribution >= 4 is 0 Å². The molecule has 8 heavy (non-hydrogen) atoms. The zero-order valence-electron chi connectivity index (χ0n) is 5.01. The number of β-amino-alcohol motifs (C(OH)–C–C–N with tert-alkyl or cyclic N) is 1. The second-order valence-corrected chi connectivity index (χ2v) is 2.24. The summed E-state index contributed by atoms with van der Waals surface area (Å²) in [5, 5.41) is 8.96. The Labute approximate surface area is 50.1 Å². The predicted octanol–water partition coefficient (Wildman–Crippen LogP) is -0.113. The molecule has 1 rings (SSSR count). The number of likely N-dealkylation sites (tertiary alicyclic amines) is 1. The monoisotopic (exact) mass is 114 g/mol. The van der Waals surface area contributed by atoms with E-state index in [1.807, 2.05) is 0 Å². The molecule has 2 nitrogen and oxygen atoms in total. The molecule has 1 atom stereocenters. The molecule has 2 heteroatoms. The zero-order valence-corrected chi connectivity index (χ0v) is 5.01. The second kappa shape index (κ2) is 2.46. The zero-order chi connectivity index (χ0) is 5.98. The molecule has 1 radical (unpaired) electrons. The fraction of sp³-hybridized carbons (Fsp3) is 0.833. The van der Waals surface area contributed by atoms with E-state index in [1.165, 1.54) is 0 Å². The van der Waals surface area contributed by atoms with Crippen molar-refractivity contribution in [3.05, 3.63) is 6.92 Å². The maximum absolute atomic E-state index is 8.96. The van der Waals surface area contributed by atoms with Gasteiger partial charge in [0.2, 0.25) is 0 Å². The van der Waals surface area contributed by atoms with Crippen molar-refractivity contribution in [3.8, 4) is 0 Å². The molecule has 1 aliphatic heterocycles. The SMILES string of the molecule is [CH2]CN1CC[C@@H](O)C1. The van der Waals surface area contributed by atoms with E-state index in [4.69, 9.17) is 5.11 Å². The van der Waals surface area contributed by atoms with Crippen LogP contribution >= 0.6 is 0 Å². The summed E-state index contributed by atoms with van der Waals surface area (Å²) in [5.74, 6) is 0. The minimum atomic E-state index is -0.0863. The smallest absolute Gasteiger partial charge is 0.0679 e. The van der Waals surface area contributed by atoms with Gasteiger partial charge in [-0.1, -0.05) is 0 Å². The number of aliphatic hydroxyl groups excluding tert-OH is 1. The van der Waals surface area contributed by atoms with Crippen LogP contribution in [0.2, 0.25) is 0 Å². The van der Waals surface area contributed by atoms with Crippen LogP contribution in [0, 0.1) is 6.92 Å². The molecule has 0 unspecified atom stereocenters. The van der Waals surface area contributed by atoms with Gasteiger partial charge in [-0.05, 0) is 19.9 Å².